The number of aromatic nitrogens is 2. The molecule has 0 aliphatic carbocycles. The quantitative estimate of drug-likeness (QED) is 0.125. The molecule has 41 heavy (non-hydrogen) atoms. The van der Waals surface area contributed by atoms with E-state index in [4.69, 9.17) is 5.73 Å². The normalized spacial score (nSPS) is 14.6. The predicted octanol–water partition coefficient (Wildman–Crippen LogP) is -0.610. The molecule has 13 nitrogen and oxygen atoms in total. The molecule has 3 rings (SSSR count). The molecule has 0 aliphatic heterocycles. The summed E-state index contributed by atoms with van der Waals surface area (Å²) in [5.41, 5.74) is 8.04. The van der Waals surface area contributed by atoms with Gasteiger partial charge in [0.2, 0.25) is 17.7 Å². The van der Waals surface area contributed by atoms with E-state index in [9.17, 15) is 34.5 Å². The number of rotatable bonds is 14. The van der Waals surface area contributed by atoms with Crippen LogP contribution in [0.15, 0.2) is 67.1 Å². The van der Waals surface area contributed by atoms with Gasteiger partial charge in [-0.15, -0.1) is 0 Å². The average molecular weight is 567 g/mol. The van der Waals surface area contributed by atoms with Gasteiger partial charge in [-0.25, -0.2) is 9.78 Å². The number of imidazole rings is 1. The summed E-state index contributed by atoms with van der Waals surface area (Å²) < 4.78 is 0. The Labute approximate surface area is 236 Å². The summed E-state index contributed by atoms with van der Waals surface area (Å²) in [5.74, 6) is -3.54. The van der Waals surface area contributed by atoms with Gasteiger partial charge in [0.25, 0.3) is 0 Å². The molecule has 0 saturated carbocycles. The maximum absolute atomic E-state index is 13.5. The molecule has 3 aromatic rings. The fraction of sp³-hybridized carbons (Fsp3) is 0.321. The van der Waals surface area contributed by atoms with Crippen molar-refractivity contribution in [3.8, 4) is 5.75 Å². The summed E-state index contributed by atoms with van der Waals surface area (Å²) in [7, 11) is 0. The van der Waals surface area contributed by atoms with Gasteiger partial charge in [0.15, 0.2) is 6.04 Å². The van der Waals surface area contributed by atoms with Gasteiger partial charge in [-0.3, -0.25) is 14.4 Å². The molecule has 2 aromatic carbocycles. The monoisotopic (exact) mass is 566 g/mol. The first kappa shape index (κ1) is 30.8. The van der Waals surface area contributed by atoms with Crippen LogP contribution in [0.2, 0.25) is 0 Å². The molecule has 0 bridgehead atoms. The van der Waals surface area contributed by atoms with Crippen LogP contribution in [0, 0.1) is 0 Å². The SMILES string of the molecule is CC(O)C(NC(=O)C(Cc1cnc[nH]1)NC(=O)C(Cc1ccccc1)NC(=O)C(N)Cc1ccc(O)cc1)C(=O)O. The summed E-state index contributed by atoms with van der Waals surface area (Å²) in [6.45, 7) is 1.22. The van der Waals surface area contributed by atoms with Crippen molar-refractivity contribution in [2.45, 2.75) is 56.5 Å². The number of carbonyl (C=O) groups excluding carboxylic acids is 3. The minimum absolute atomic E-state index is 0.0724. The standard InChI is InChI=1S/C28H34N6O7/c1-16(35)24(28(40)41)34-27(39)23(13-19-14-30-15-31-19)33-26(38)22(12-17-5-3-2-4-6-17)32-25(37)21(29)11-18-7-9-20(36)10-8-18/h2-10,14-16,21-24,35-36H,11-13,29H2,1H3,(H,30,31)(H,32,37)(H,33,38)(H,34,39)(H,40,41). The highest BCUT2D eigenvalue weighted by atomic mass is 16.4. The number of aliphatic hydroxyl groups is 1. The van der Waals surface area contributed by atoms with E-state index in [1.807, 2.05) is 0 Å². The van der Waals surface area contributed by atoms with E-state index >= 15 is 0 Å². The summed E-state index contributed by atoms with van der Waals surface area (Å²) in [4.78, 5) is 57.9. The first-order valence-corrected chi connectivity index (χ1v) is 12.9. The van der Waals surface area contributed by atoms with Gasteiger partial charge in [-0.2, -0.15) is 0 Å². The molecule has 9 N–H and O–H groups in total. The number of aliphatic hydroxyl groups excluding tert-OH is 1. The van der Waals surface area contributed by atoms with Crippen LogP contribution in [0.1, 0.15) is 23.7 Å². The van der Waals surface area contributed by atoms with Gasteiger partial charge in [0.05, 0.1) is 18.5 Å². The third-order valence-corrected chi connectivity index (χ3v) is 6.30. The summed E-state index contributed by atoms with van der Waals surface area (Å²) in [5, 5.41) is 36.2. The summed E-state index contributed by atoms with van der Waals surface area (Å²) in [6, 6.07) is 10.1. The van der Waals surface area contributed by atoms with Crippen molar-refractivity contribution in [2.24, 2.45) is 5.73 Å². The molecule has 1 heterocycles. The number of carbonyl (C=O) groups is 4. The molecule has 0 fully saturated rings. The van der Waals surface area contributed by atoms with Crippen LogP contribution in [-0.4, -0.2) is 79.2 Å². The predicted molar refractivity (Wildman–Crippen MR) is 147 cm³/mol. The lowest BCUT2D eigenvalue weighted by atomic mass is 10.0. The number of nitrogens with two attached hydrogens (primary N) is 1. The first-order valence-electron chi connectivity index (χ1n) is 12.9. The number of H-pyrrole nitrogens is 1. The molecule has 0 spiro atoms. The van der Waals surface area contributed by atoms with E-state index in [-0.39, 0.29) is 25.0 Å². The lowest BCUT2D eigenvalue weighted by molar-refractivity contribution is -0.145. The fourth-order valence-corrected chi connectivity index (χ4v) is 4.06. The zero-order valence-electron chi connectivity index (χ0n) is 22.4. The highest BCUT2D eigenvalue weighted by Crippen LogP contribution is 2.12. The van der Waals surface area contributed by atoms with Crippen LogP contribution in [0.5, 0.6) is 5.75 Å². The minimum Gasteiger partial charge on any atom is -0.508 e. The smallest absolute Gasteiger partial charge is 0.328 e. The van der Waals surface area contributed by atoms with Gasteiger partial charge in [-0.1, -0.05) is 42.5 Å². The maximum Gasteiger partial charge on any atom is 0.328 e. The number of carboxylic acid groups (broad SMARTS) is 1. The minimum atomic E-state index is -1.61. The number of nitrogens with one attached hydrogen (secondary N) is 4. The number of nitrogens with zero attached hydrogens (tertiary/aromatic N) is 1. The van der Waals surface area contributed by atoms with Crippen molar-refractivity contribution in [3.05, 3.63) is 83.9 Å². The van der Waals surface area contributed by atoms with Crippen molar-refractivity contribution in [1.82, 2.24) is 25.9 Å². The van der Waals surface area contributed by atoms with Gasteiger partial charge in [0.1, 0.15) is 17.8 Å². The van der Waals surface area contributed by atoms with Crippen molar-refractivity contribution in [3.63, 3.8) is 0 Å². The van der Waals surface area contributed by atoms with E-state index in [1.165, 1.54) is 31.6 Å². The molecule has 3 amide bonds. The lowest BCUT2D eigenvalue weighted by Crippen LogP contribution is -2.59. The third-order valence-electron chi connectivity index (χ3n) is 6.30. The van der Waals surface area contributed by atoms with Crippen LogP contribution in [0.4, 0.5) is 0 Å². The van der Waals surface area contributed by atoms with Gasteiger partial charge in [-0.05, 0) is 36.6 Å². The molecular weight excluding hydrogens is 532 g/mol. The highest BCUT2D eigenvalue weighted by Gasteiger charge is 2.32. The van der Waals surface area contributed by atoms with Gasteiger partial charge >= 0.3 is 5.97 Å². The van der Waals surface area contributed by atoms with E-state index in [1.54, 1.807) is 42.5 Å². The molecule has 13 heteroatoms. The van der Waals surface area contributed by atoms with Crippen LogP contribution >= 0.6 is 0 Å². The molecule has 0 aliphatic rings. The van der Waals surface area contributed by atoms with Gasteiger partial charge < -0.3 is 42.0 Å². The maximum atomic E-state index is 13.5. The highest BCUT2D eigenvalue weighted by molar-refractivity contribution is 5.94. The Bertz CT molecular complexity index is 1300. The number of aromatic hydroxyl groups is 1. The van der Waals surface area contributed by atoms with Crippen LogP contribution in [0.3, 0.4) is 0 Å². The number of benzene rings is 2. The number of aliphatic carboxylic acids is 1. The van der Waals surface area contributed by atoms with Crippen LogP contribution < -0.4 is 21.7 Å². The molecule has 218 valence electrons. The number of aromatic amines is 1. The number of hydrogen-bond donors (Lipinski definition) is 8. The molecule has 0 saturated heterocycles. The molecule has 5 atom stereocenters. The van der Waals surface area contributed by atoms with E-state index in [0.29, 0.717) is 11.3 Å². The number of amides is 3. The fourth-order valence-electron chi connectivity index (χ4n) is 4.06. The molecule has 0 radical (unpaired) electrons. The zero-order chi connectivity index (χ0) is 29.9. The Hall–Kier alpha value is -4.75. The summed E-state index contributed by atoms with van der Waals surface area (Å²) in [6.07, 6.45) is 1.58. The number of phenols is 1. The van der Waals surface area contributed by atoms with Crippen molar-refractivity contribution in [1.29, 1.82) is 0 Å². The Morgan fingerprint density at radius 3 is 2.02 bits per heavy atom. The Morgan fingerprint density at radius 1 is 0.854 bits per heavy atom. The molecule has 5 unspecified atom stereocenters. The second-order valence-electron chi connectivity index (χ2n) is 9.64. The second kappa shape index (κ2) is 14.6. The molecule has 1 aromatic heterocycles. The Kier molecular flexibility index (Phi) is 11.0. The Balaban J connectivity index is 1.80. The van der Waals surface area contributed by atoms with Gasteiger partial charge in [0, 0.05) is 24.7 Å². The third kappa shape index (κ3) is 9.44. The average Bonchev–Trinajstić information content (AvgIpc) is 3.45. The van der Waals surface area contributed by atoms with E-state index < -0.39 is 54.0 Å². The molecular formula is C28H34N6O7. The van der Waals surface area contributed by atoms with E-state index in [0.717, 1.165) is 5.56 Å². The Morgan fingerprint density at radius 2 is 1.44 bits per heavy atom. The van der Waals surface area contributed by atoms with Crippen molar-refractivity contribution >= 4 is 23.7 Å². The number of hydrogen-bond acceptors (Lipinski definition) is 8. The van der Waals surface area contributed by atoms with Crippen LogP contribution in [-0.2, 0) is 38.4 Å². The van der Waals surface area contributed by atoms with E-state index in [2.05, 4.69) is 25.9 Å². The topological polar surface area (TPSA) is 220 Å². The van der Waals surface area contributed by atoms with Crippen molar-refractivity contribution < 1.29 is 34.5 Å². The second-order valence-corrected chi connectivity index (χ2v) is 9.64. The van der Waals surface area contributed by atoms with Crippen molar-refractivity contribution in [2.75, 3.05) is 0 Å². The zero-order valence-corrected chi connectivity index (χ0v) is 22.4. The first-order chi connectivity index (χ1) is 19.5. The summed E-state index contributed by atoms with van der Waals surface area (Å²) >= 11 is 0. The lowest BCUT2D eigenvalue weighted by Gasteiger charge is -2.26. The largest absolute Gasteiger partial charge is 0.508 e. The number of carboxylic acids is 1. The van der Waals surface area contributed by atoms with Crippen LogP contribution in [0.25, 0.3) is 0 Å². The number of phenolic OH excluding ortho intramolecular Hbond substituents is 1.